The molecular formula is C10H18OS2. The van der Waals surface area contributed by atoms with E-state index < -0.39 is 0 Å². The fourth-order valence-corrected chi connectivity index (χ4v) is 6.07. The van der Waals surface area contributed by atoms with Crippen LogP contribution in [0.2, 0.25) is 0 Å². The third-order valence-corrected chi connectivity index (χ3v) is 6.34. The van der Waals surface area contributed by atoms with E-state index >= 15 is 0 Å². The molecule has 3 heteroatoms. The van der Waals surface area contributed by atoms with Crippen LogP contribution in [-0.4, -0.2) is 27.8 Å². The van der Waals surface area contributed by atoms with Gasteiger partial charge in [0, 0.05) is 0 Å². The average Bonchev–Trinajstić information content (AvgIpc) is 2.43. The van der Waals surface area contributed by atoms with E-state index in [9.17, 15) is 0 Å². The standard InChI is InChI=1S/C10H18OS2/c1-3-9-10(7-8(2)11-9)12-5-4-6-13-10/h8-9H,3-7H2,1-2H3/t8-,9-/m0/s1. The Morgan fingerprint density at radius 2 is 2.08 bits per heavy atom. The van der Waals surface area contributed by atoms with Gasteiger partial charge in [-0.15, -0.1) is 23.5 Å². The summed E-state index contributed by atoms with van der Waals surface area (Å²) in [5.74, 6) is 2.67. The van der Waals surface area contributed by atoms with E-state index in [0.29, 0.717) is 16.3 Å². The lowest BCUT2D eigenvalue weighted by atomic mass is 10.1. The lowest BCUT2D eigenvalue weighted by Crippen LogP contribution is -2.33. The molecule has 0 bridgehead atoms. The molecule has 13 heavy (non-hydrogen) atoms. The summed E-state index contributed by atoms with van der Waals surface area (Å²) in [5.41, 5.74) is 0. The van der Waals surface area contributed by atoms with Crippen LogP contribution < -0.4 is 0 Å². The molecule has 0 aliphatic carbocycles. The summed E-state index contributed by atoms with van der Waals surface area (Å²) in [4.78, 5) is 0. The van der Waals surface area contributed by atoms with Crippen LogP contribution in [0.15, 0.2) is 0 Å². The normalized spacial score (nSPS) is 38.3. The van der Waals surface area contributed by atoms with Gasteiger partial charge in [0.15, 0.2) is 0 Å². The quantitative estimate of drug-likeness (QED) is 0.669. The maximum atomic E-state index is 5.96. The minimum Gasteiger partial charge on any atom is -0.373 e. The van der Waals surface area contributed by atoms with Crippen molar-refractivity contribution in [2.75, 3.05) is 11.5 Å². The molecule has 2 atom stereocenters. The van der Waals surface area contributed by atoms with Crippen molar-refractivity contribution in [1.82, 2.24) is 0 Å². The average molecular weight is 218 g/mol. The van der Waals surface area contributed by atoms with E-state index in [4.69, 9.17) is 4.74 Å². The van der Waals surface area contributed by atoms with Crippen LogP contribution in [0.25, 0.3) is 0 Å². The van der Waals surface area contributed by atoms with Crippen molar-refractivity contribution in [1.29, 1.82) is 0 Å². The van der Waals surface area contributed by atoms with Gasteiger partial charge in [-0.25, -0.2) is 0 Å². The zero-order valence-electron chi connectivity index (χ0n) is 8.41. The second-order valence-electron chi connectivity index (χ2n) is 3.91. The zero-order valence-corrected chi connectivity index (χ0v) is 10.0. The number of hydrogen-bond donors (Lipinski definition) is 0. The van der Waals surface area contributed by atoms with Gasteiger partial charge >= 0.3 is 0 Å². The van der Waals surface area contributed by atoms with Crippen molar-refractivity contribution in [3.05, 3.63) is 0 Å². The van der Waals surface area contributed by atoms with Crippen molar-refractivity contribution in [2.24, 2.45) is 0 Å². The summed E-state index contributed by atoms with van der Waals surface area (Å²) in [6.07, 6.45) is 4.77. The molecule has 0 aromatic carbocycles. The molecule has 0 unspecified atom stereocenters. The SMILES string of the molecule is CC[C@@H]1O[C@@H](C)CC12SCCCS2. The van der Waals surface area contributed by atoms with Crippen molar-refractivity contribution in [3.63, 3.8) is 0 Å². The van der Waals surface area contributed by atoms with Crippen molar-refractivity contribution in [2.45, 2.75) is 49.4 Å². The molecule has 1 spiro atoms. The third-order valence-electron chi connectivity index (χ3n) is 2.81. The molecule has 1 nitrogen and oxygen atoms in total. The van der Waals surface area contributed by atoms with Gasteiger partial charge in [0.25, 0.3) is 0 Å². The lowest BCUT2D eigenvalue weighted by molar-refractivity contribution is 0.0531. The Labute approximate surface area is 89.4 Å². The highest BCUT2D eigenvalue weighted by molar-refractivity contribution is 8.18. The minimum atomic E-state index is 0.423. The minimum absolute atomic E-state index is 0.423. The van der Waals surface area contributed by atoms with Crippen molar-refractivity contribution >= 4 is 23.5 Å². The van der Waals surface area contributed by atoms with Crippen LogP contribution in [0, 0.1) is 0 Å². The van der Waals surface area contributed by atoms with Crippen LogP contribution >= 0.6 is 23.5 Å². The molecule has 0 saturated carbocycles. The third kappa shape index (κ3) is 1.88. The summed E-state index contributed by atoms with van der Waals surface area (Å²) in [7, 11) is 0. The summed E-state index contributed by atoms with van der Waals surface area (Å²) < 4.78 is 6.39. The molecule has 2 fully saturated rings. The largest absolute Gasteiger partial charge is 0.373 e. The molecular weight excluding hydrogens is 200 g/mol. The molecule has 2 aliphatic heterocycles. The van der Waals surface area contributed by atoms with Gasteiger partial charge < -0.3 is 4.74 Å². The zero-order chi connectivity index (χ0) is 9.31. The Morgan fingerprint density at radius 1 is 1.38 bits per heavy atom. The number of hydrogen-bond acceptors (Lipinski definition) is 3. The molecule has 2 rings (SSSR count). The predicted octanol–water partition coefficient (Wildman–Crippen LogP) is 3.14. The van der Waals surface area contributed by atoms with E-state index in [0.717, 1.165) is 0 Å². The van der Waals surface area contributed by atoms with Crippen LogP contribution in [0.1, 0.15) is 33.1 Å². The first-order valence-electron chi connectivity index (χ1n) is 5.20. The highest BCUT2D eigenvalue weighted by Gasteiger charge is 2.48. The van der Waals surface area contributed by atoms with Crippen molar-refractivity contribution < 1.29 is 4.74 Å². The van der Waals surface area contributed by atoms with Gasteiger partial charge in [-0.1, -0.05) is 6.92 Å². The summed E-state index contributed by atoms with van der Waals surface area (Å²) in [6, 6.07) is 0. The van der Waals surface area contributed by atoms with Gasteiger partial charge in [0.1, 0.15) is 0 Å². The number of thioether (sulfide) groups is 2. The molecule has 2 aliphatic rings. The van der Waals surface area contributed by atoms with Crippen molar-refractivity contribution in [3.8, 4) is 0 Å². The fourth-order valence-electron chi connectivity index (χ4n) is 2.27. The van der Waals surface area contributed by atoms with E-state index in [2.05, 4.69) is 37.4 Å². The first kappa shape index (κ1) is 10.2. The van der Waals surface area contributed by atoms with E-state index in [1.807, 2.05) is 0 Å². The molecule has 76 valence electrons. The smallest absolute Gasteiger partial charge is 0.0895 e. The number of ether oxygens (including phenoxy) is 1. The summed E-state index contributed by atoms with van der Waals surface area (Å²) in [6.45, 7) is 4.47. The molecule has 0 radical (unpaired) electrons. The topological polar surface area (TPSA) is 9.23 Å². The van der Waals surface area contributed by atoms with Gasteiger partial charge in [-0.05, 0) is 37.7 Å². The molecule has 2 heterocycles. The molecule has 0 aromatic rings. The lowest BCUT2D eigenvalue weighted by Gasteiger charge is -2.35. The highest BCUT2D eigenvalue weighted by Crippen LogP contribution is 2.53. The molecule has 0 amide bonds. The Kier molecular flexibility index (Phi) is 3.16. The monoisotopic (exact) mass is 218 g/mol. The Balaban J connectivity index is 2.09. The van der Waals surface area contributed by atoms with E-state index in [-0.39, 0.29) is 0 Å². The Bertz CT molecular complexity index is 178. The van der Waals surface area contributed by atoms with Crippen LogP contribution in [0.4, 0.5) is 0 Å². The fraction of sp³-hybridized carbons (Fsp3) is 1.00. The summed E-state index contributed by atoms with van der Waals surface area (Å²) in [5, 5.41) is 0. The maximum Gasteiger partial charge on any atom is 0.0895 e. The maximum absolute atomic E-state index is 5.96. The summed E-state index contributed by atoms with van der Waals surface area (Å²) >= 11 is 4.30. The highest BCUT2D eigenvalue weighted by atomic mass is 32.2. The first-order valence-corrected chi connectivity index (χ1v) is 7.17. The van der Waals surface area contributed by atoms with Gasteiger partial charge in [-0.3, -0.25) is 0 Å². The molecule has 2 saturated heterocycles. The van der Waals surface area contributed by atoms with Crippen LogP contribution in [-0.2, 0) is 4.74 Å². The van der Waals surface area contributed by atoms with Gasteiger partial charge in [0.05, 0.1) is 16.3 Å². The second kappa shape index (κ2) is 4.03. The Hall–Kier alpha value is 0.660. The predicted molar refractivity (Wildman–Crippen MR) is 61.5 cm³/mol. The molecule has 0 N–H and O–H groups in total. The van der Waals surface area contributed by atoms with E-state index in [1.54, 1.807) is 0 Å². The second-order valence-corrected chi connectivity index (χ2v) is 7.02. The van der Waals surface area contributed by atoms with E-state index in [1.165, 1.54) is 30.8 Å². The molecule has 0 aromatic heterocycles. The first-order chi connectivity index (χ1) is 6.27. The van der Waals surface area contributed by atoms with Crippen LogP contribution in [0.3, 0.4) is 0 Å². The number of rotatable bonds is 1. The van der Waals surface area contributed by atoms with Gasteiger partial charge in [0.2, 0.25) is 0 Å². The Morgan fingerprint density at radius 3 is 2.69 bits per heavy atom. The van der Waals surface area contributed by atoms with Crippen LogP contribution in [0.5, 0.6) is 0 Å². The van der Waals surface area contributed by atoms with Gasteiger partial charge in [-0.2, -0.15) is 0 Å².